The molecule has 340 valence electrons. The Labute approximate surface area is 376 Å². The van der Waals surface area contributed by atoms with Gasteiger partial charge in [-0.05, 0) is 125 Å². The predicted molar refractivity (Wildman–Crippen MR) is 248 cm³/mol. The fourth-order valence-electron chi connectivity index (χ4n) is 10.0. The van der Waals surface area contributed by atoms with E-state index in [1.165, 1.54) is 141 Å². The minimum atomic E-state index is -0.977. The number of nitrogens with zero attached hydrogens (tertiary/aromatic N) is 8. The van der Waals surface area contributed by atoms with Gasteiger partial charge in [0.2, 0.25) is 0 Å². The molecule has 2 unspecified atom stereocenters. The number of halogens is 1. The van der Waals surface area contributed by atoms with E-state index in [1.807, 2.05) is 22.9 Å². The average Bonchev–Trinajstić information content (AvgIpc) is 4.03. The van der Waals surface area contributed by atoms with Crippen LogP contribution in [0.3, 0.4) is 0 Å². The molecule has 0 bridgehead atoms. The Balaban J connectivity index is 0.000000192. The first-order valence-electron chi connectivity index (χ1n) is 23.4. The molecule has 62 heavy (non-hydrogen) atoms. The van der Waals surface area contributed by atoms with E-state index in [9.17, 15) is 9.59 Å². The maximum Gasteiger partial charge on any atom is 0.337 e. The number of imidazole rings is 2. The van der Waals surface area contributed by atoms with Crippen LogP contribution in [0.25, 0.3) is 11.6 Å². The van der Waals surface area contributed by atoms with Crippen molar-refractivity contribution in [1.82, 2.24) is 44.2 Å². The van der Waals surface area contributed by atoms with Gasteiger partial charge in [0, 0.05) is 75.4 Å². The zero-order valence-corrected chi connectivity index (χ0v) is 38.1. The van der Waals surface area contributed by atoms with E-state index >= 15 is 0 Å². The first-order chi connectivity index (χ1) is 29.8. The van der Waals surface area contributed by atoms with Crippen LogP contribution in [0, 0.1) is 23.7 Å². The number of rotatable bonds is 13. The van der Waals surface area contributed by atoms with Crippen LogP contribution in [0.15, 0.2) is 74.1 Å². The second-order valence-corrected chi connectivity index (χ2v) is 18.0. The van der Waals surface area contributed by atoms with E-state index < -0.39 is 5.97 Å². The molecule has 2 saturated heterocycles. The van der Waals surface area contributed by atoms with Crippen molar-refractivity contribution in [3.63, 3.8) is 0 Å². The highest BCUT2D eigenvalue weighted by Crippen LogP contribution is 2.29. The second-order valence-electron chi connectivity index (χ2n) is 18.0. The number of nitrogens with one attached hydrogen (secondary N) is 1. The largest absolute Gasteiger partial charge is 0.478 e. The minimum Gasteiger partial charge on any atom is -0.478 e. The molecule has 0 spiro atoms. The van der Waals surface area contributed by atoms with Gasteiger partial charge in [0.1, 0.15) is 24.3 Å². The number of amides is 1. The SMILES string of the molecule is CCCC1CCCN(C[C@@H]2CCCC[C@H]2N)C1.CCCC1CCCN(C[C@@H]2CCCC[C@H]2NC(=O)c2ccc(-n3ccnc3)nc2)C1.Cl.O=C(O)c1ccc(-n2ccnc2)nc1. The third-order valence-corrected chi connectivity index (χ3v) is 13.3. The molecule has 4 aliphatic rings. The Hall–Kier alpha value is -4.17. The fourth-order valence-corrected chi connectivity index (χ4v) is 10.0. The summed E-state index contributed by atoms with van der Waals surface area (Å²) in [5.41, 5.74) is 7.07. The van der Waals surface area contributed by atoms with Crippen molar-refractivity contribution >= 4 is 24.3 Å². The normalized spacial score (nSPS) is 24.3. The monoisotopic (exact) mass is 873 g/mol. The van der Waals surface area contributed by atoms with Gasteiger partial charge >= 0.3 is 5.97 Å². The number of hydrogen-bond acceptors (Lipinski definition) is 9. The number of hydrogen-bond donors (Lipinski definition) is 3. The zero-order valence-electron chi connectivity index (χ0n) is 37.3. The van der Waals surface area contributed by atoms with Gasteiger partial charge in [-0.3, -0.25) is 13.9 Å². The van der Waals surface area contributed by atoms with E-state index in [-0.39, 0.29) is 29.9 Å². The number of carbonyl (C=O) groups is 2. The zero-order chi connectivity index (χ0) is 42.8. The highest BCUT2D eigenvalue weighted by molar-refractivity contribution is 5.94. The Morgan fingerprint density at radius 2 is 1.21 bits per heavy atom. The molecule has 0 radical (unpaired) electrons. The van der Waals surface area contributed by atoms with Gasteiger partial charge in [-0.25, -0.2) is 24.7 Å². The second kappa shape index (κ2) is 25.8. The number of aromatic carboxylic acids is 1. The summed E-state index contributed by atoms with van der Waals surface area (Å²) in [4.78, 5) is 45.1. The number of likely N-dealkylation sites (tertiary alicyclic amines) is 2. The molecule has 1 amide bonds. The highest BCUT2D eigenvalue weighted by Gasteiger charge is 2.31. The maximum absolute atomic E-state index is 12.9. The summed E-state index contributed by atoms with van der Waals surface area (Å²) in [6, 6.07) is 7.61. The standard InChI is InChI=1S/C24H35N5O.C15H30N2.C9H7N3O2.ClH/c1-2-6-19-7-5-13-28(16-19)17-21-8-3-4-9-22(21)27-24(30)20-10-11-23(26-15-20)29-14-12-25-18-29;1-2-6-13-7-5-10-17(11-13)12-14-8-3-4-9-15(14)16;13-9(14)7-1-2-8(11-5-7)12-4-3-10-6-12;/h10-12,14-15,18-19,21-22H,2-9,13,16-17H2,1H3,(H,27,30);13-15H,2-12,16H2,1H3;1-6H,(H,13,14);1H/t19?,21-,22+;13?,14-,15+;;/m00../s1. The fraction of sp³-hybridized carbons (Fsp3) is 0.625. The van der Waals surface area contributed by atoms with Crippen molar-refractivity contribution in [2.24, 2.45) is 29.4 Å². The van der Waals surface area contributed by atoms with Crippen LogP contribution < -0.4 is 11.1 Å². The van der Waals surface area contributed by atoms with Gasteiger partial charge in [-0.15, -0.1) is 12.4 Å². The number of carboxylic acids is 1. The number of pyridine rings is 2. The highest BCUT2D eigenvalue weighted by atomic mass is 35.5. The van der Waals surface area contributed by atoms with Crippen LogP contribution in [-0.4, -0.2) is 107 Å². The minimum absolute atomic E-state index is 0. The molecule has 13 nitrogen and oxygen atoms in total. The van der Waals surface area contributed by atoms with Crippen molar-refractivity contribution in [3.05, 3.63) is 85.2 Å². The van der Waals surface area contributed by atoms with E-state index in [0.29, 0.717) is 23.3 Å². The predicted octanol–water partition coefficient (Wildman–Crippen LogP) is 8.47. The molecule has 8 rings (SSSR count). The molecule has 4 N–H and O–H groups in total. The number of piperidine rings is 2. The van der Waals surface area contributed by atoms with Crippen LogP contribution in [-0.2, 0) is 0 Å². The lowest BCUT2D eigenvalue weighted by Gasteiger charge is -2.39. The third kappa shape index (κ3) is 15.0. The molecule has 4 fully saturated rings. The van der Waals surface area contributed by atoms with Crippen molar-refractivity contribution < 1.29 is 14.7 Å². The lowest BCUT2D eigenvalue weighted by Crippen LogP contribution is -2.48. The average molecular weight is 874 g/mol. The summed E-state index contributed by atoms with van der Waals surface area (Å²) < 4.78 is 3.54. The molecule has 4 aromatic heterocycles. The van der Waals surface area contributed by atoms with Crippen LogP contribution in [0.1, 0.15) is 137 Å². The van der Waals surface area contributed by atoms with Gasteiger partial charge in [0.25, 0.3) is 5.91 Å². The number of carbonyl (C=O) groups excluding carboxylic acids is 1. The summed E-state index contributed by atoms with van der Waals surface area (Å²) >= 11 is 0. The molecule has 0 aromatic carbocycles. The van der Waals surface area contributed by atoms with E-state index in [2.05, 4.69) is 48.9 Å². The summed E-state index contributed by atoms with van der Waals surface area (Å²) in [6.45, 7) is 12.1. The van der Waals surface area contributed by atoms with Crippen LogP contribution >= 0.6 is 12.4 Å². The van der Waals surface area contributed by atoms with E-state index in [4.69, 9.17) is 10.8 Å². The van der Waals surface area contributed by atoms with Crippen molar-refractivity contribution in [1.29, 1.82) is 0 Å². The van der Waals surface area contributed by atoms with Gasteiger partial charge in [-0.1, -0.05) is 52.4 Å². The molecule has 6 heterocycles. The van der Waals surface area contributed by atoms with E-state index in [1.54, 1.807) is 48.1 Å². The van der Waals surface area contributed by atoms with Crippen LogP contribution in [0.5, 0.6) is 0 Å². The molecule has 14 heteroatoms. The Morgan fingerprint density at radius 1 is 0.694 bits per heavy atom. The quantitative estimate of drug-likeness (QED) is 0.119. The first-order valence-corrected chi connectivity index (χ1v) is 23.4. The third-order valence-electron chi connectivity index (χ3n) is 13.3. The lowest BCUT2D eigenvalue weighted by atomic mass is 9.83. The topological polar surface area (TPSA) is 160 Å². The molecule has 2 aliphatic heterocycles. The van der Waals surface area contributed by atoms with E-state index in [0.717, 1.165) is 36.5 Å². The Kier molecular flexibility index (Phi) is 20.3. The molecule has 2 aliphatic carbocycles. The molecular formula is C48H73ClN10O3. The maximum atomic E-state index is 12.9. The Bertz CT molecular complexity index is 1840. The molecular weight excluding hydrogens is 800 g/mol. The molecule has 6 atom stereocenters. The summed E-state index contributed by atoms with van der Waals surface area (Å²) in [5.74, 6) is 3.60. The first kappa shape index (κ1) is 48.9. The van der Waals surface area contributed by atoms with Crippen molar-refractivity contribution in [2.45, 2.75) is 129 Å². The Morgan fingerprint density at radius 3 is 1.69 bits per heavy atom. The van der Waals surface area contributed by atoms with Crippen LogP contribution in [0.4, 0.5) is 0 Å². The summed E-state index contributed by atoms with van der Waals surface area (Å²) in [7, 11) is 0. The van der Waals surface area contributed by atoms with Gasteiger partial charge < -0.3 is 26.0 Å². The lowest BCUT2D eigenvalue weighted by molar-refractivity contribution is 0.0696. The van der Waals surface area contributed by atoms with Gasteiger partial charge in [0.15, 0.2) is 0 Å². The van der Waals surface area contributed by atoms with Gasteiger partial charge in [-0.2, -0.15) is 0 Å². The number of nitrogens with two attached hydrogens (primary N) is 1. The number of carboxylic acid groups (broad SMARTS) is 1. The molecule has 4 aromatic rings. The smallest absolute Gasteiger partial charge is 0.337 e. The molecule has 2 saturated carbocycles. The van der Waals surface area contributed by atoms with Crippen molar-refractivity contribution in [2.75, 3.05) is 39.3 Å². The van der Waals surface area contributed by atoms with Crippen LogP contribution in [0.2, 0.25) is 0 Å². The van der Waals surface area contributed by atoms with Gasteiger partial charge in [0.05, 0.1) is 11.1 Å². The number of aromatic nitrogens is 6. The van der Waals surface area contributed by atoms with Crippen molar-refractivity contribution in [3.8, 4) is 11.6 Å². The summed E-state index contributed by atoms with van der Waals surface area (Å²) in [6.07, 6.45) is 34.4. The summed E-state index contributed by atoms with van der Waals surface area (Å²) in [5, 5.41) is 12.0.